The molecule has 0 aromatic heterocycles. The Bertz CT molecular complexity index is 811. The summed E-state index contributed by atoms with van der Waals surface area (Å²) in [4.78, 5) is 2.42. The maximum absolute atomic E-state index is 9.45. The van der Waals surface area contributed by atoms with Crippen molar-refractivity contribution in [1.82, 2.24) is 4.90 Å². The van der Waals surface area contributed by atoms with Crippen molar-refractivity contribution in [1.29, 1.82) is 0 Å². The van der Waals surface area contributed by atoms with E-state index in [0.717, 1.165) is 4.90 Å². The fourth-order valence-corrected chi connectivity index (χ4v) is 3.28. The normalized spacial score (nSPS) is 20.3. The Hall–Kier alpha value is -1.91. The maximum Gasteiger partial charge on any atom is 0.119 e. The minimum absolute atomic E-state index is 0.0272. The van der Waals surface area contributed by atoms with Gasteiger partial charge in [-0.25, -0.2) is 0 Å². The lowest BCUT2D eigenvalue weighted by Crippen LogP contribution is -2.24. The number of rotatable bonds is 4. The van der Waals surface area contributed by atoms with Crippen LogP contribution in [0.2, 0.25) is 0 Å². The summed E-state index contributed by atoms with van der Waals surface area (Å²) in [7, 11) is 1.56. The van der Waals surface area contributed by atoms with E-state index >= 15 is 0 Å². The highest BCUT2D eigenvalue weighted by atomic mass is 32.2. The van der Waals surface area contributed by atoms with Crippen molar-refractivity contribution in [2.45, 2.75) is 17.9 Å². The molecule has 0 aliphatic carbocycles. The molecule has 2 aromatic rings. The molecule has 23 heavy (non-hydrogen) atoms. The summed E-state index contributed by atoms with van der Waals surface area (Å²) in [6.45, 7) is 1.25. The van der Waals surface area contributed by atoms with Crippen molar-refractivity contribution < 1.29 is 14.0 Å². The van der Waals surface area contributed by atoms with Crippen molar-refractivity contribution in [2.75, 3.05) is 19.4 Å². The summed E-state index contributed by atoms with van der Waals surface area (Å²) in [5.74, 6) is 1.27. The average molecular weight is 330 g/mol. The highest BCUT2D eigenvalue weighted by Gasteiger charge is 2.16. The molecule has 120 valence electrons. The van der Waals surface area contributed by atoms with Crippen molar-refractivity contribution >= 4 is 17.5 Å². The second-order valence-corrected chi connectivity index (χ2v) is 6.35. The van der Waals surface area contributed by atoms with Gasteiger partial charge in [-0.05, 0) is 29.3 Å². The number of thioether (sulfide) groups is 1. The molecule has 2 aromatic carbocycles. The van der Waals surface area contributed by atoms with E-state index in [2.05, 4.69) is 6.58 Å². The topological polar surface area (TPSA) is 32.7 Å². The fourth-order valence-electron chi connectivity index (χ4n) is 2.35. The third-order valence-corrected chi connectivity index (χ3v) is 4.64. The van der Waals surface area contributed by atoms with Crippen molar-refractivity contribution in [3.05, 3.63) is 65.7 Å². The highest BCUT2D eigenvalue weighted by molar-refractivity contribution is 7.99. The molecule has 0 spiro atoms. The van der Waals surface area contributed by atoms with Gasteiger partial charge in [-0.2, -0.15) is 0 Å². The molecule has 0 radical (unpaired) electrons. The van der Waals surface area contributed by atoms with Gasteiger partial charge >= 0.3 is 0 Å². The smallest absolute Gasteiger partial charge is 0.119 e. The van der Waals surface area contributed by atoms with Gasteiger partial charge in [0.1, 0.15) is 11.5 Å². The first-order valence-corrected chi connectivity index (χ1v) is 8.31. The van der Waals surface area contributed by atoms with Gasteiger partial charge in [0.2, 0.25) is 0 Å². The molecular formula is C19H21NO2S. The summed E-state index contributed by atoms with van der Waals surface area (Å²) < 4.78 is 31.3. The van der Waals surface area contributed by atoms with E-state index < -0.39 is 13.0 Å². The first kappa shape index (κ1) is 12.5. The highest BCUT2D eigenvalue weighted by Crippen LogP contribution is 2.31. The SMILES string of the molecule is [2H]C(c1ccc(C(=C)O)cc1)N1CCSc2ccc(OC)cc2C1([2H])[2H]. The number of methoxy groups -OCH3 is 1. The monoisotopic (exact) mass is 330 g/mol. The number of benzene rings is 2. The molecule has 1 unspecified atom stereocenters. The molecule has 1 heterocycles. The third kappa shape index (κ3) is 3.89. The predicted molar refractivity (Wildman–Crippen MR) is 95.9 cm³/mol. The van der Waals surface area contributed by atoms with Crippen LogP contribution in [0.5, 0.6) is 5.75 Å². The van der Waals surface area contributed by atoms with Crippen LogP contribution in [0.15, 0.2) is 53.9 Å². The van der Waals surface area contributed by atoms with Crippen molar-refractivity contribution in [3.8, 4) is 5.75 Å². The number of nitrogens with zero attached hydrogens (tertiary/aromatic N) is 1. The van der Waals surface area contributed by atoms with E-state index in [1.807, 2.05) is 12.1 Å². The lowest BCUT2D eigenvalue weighted by Gasteiger charge is -2.20. The van der Waals surface area contributed by atoms with Crippen LogP contribution in [-0.2, 0) is 13.0 Å². The van der Waals surface area contributed by atoms with E-state index in [1.54, 1.807) is 54.1 Å². The summed E-state index contributed by atoms with van der Waals surface area (Å²) in [6, 6.07) is 12.3. The molecule has 1 atom stereocenters. The molecule has 0 fully saturated rings. The Labute approximate surface area is 145 Å². The van der Waals surface area contributed by atoms with Crippen LogP contribution in [0.4, 0.5) is 0 Å². The van der Waals surface area contributed by atoms with E-state index in [0.29, 0.717) is 34.7 Å². The van der Waals surface area contributed by atoms with Gasteiger partial charge in [0.05, 0.1) is 7.11 Å². The first-order chi connectivity index (χ1) is 12.3. The Balaban J connectivity index is 1.96. The van der Waals surface area contributed by atoms with E-state index in [9.17, 15) is 5.11 Å². The number of hydrogen-bond donors (Lipinski definition) is 1. The molecule has 0 saturated heterocycles. The lowest BCUT2D eigenvalue weighted by atomic mass is 10.1. The van der Waals surface area contributed by atoms with Gasteiger partial charge in [-0.3, -0.25) is 4.90 Å². The van der Waals surface area contributed by atoms with Gasteiger partial charge in [0.25, 0.3) is 0 Å². The molecule has 4 heteroatoms. The van der Waals surface area contributed by atoms with Crippen LogP contribution in [0.3, 0.4) is 0 Å². The molecule has 1 aliphatic rings. The second-order valence-electron chi connectivity index (χ2n) is 5.21. The van der Waals surface area contributed by atoms with Gasteiger partial charge in [0, 0.05) is 39.9 Å². The maximum atomic E-state index is 9.45. The minimum Gasteiger partial charge on any atom is -0.508 e. The van der Waals surface area contributed by atoms with Crippen LogP contribution in [0, 0.1) is 0 Å². The Kier molecular flexibility index (Phi) is 3.87. The number of fused-ring (bicyclic) bond motifs is 1. The van der Waals surface area contributed by atoms with E-state index in [-0.39, 0.29) is 5.76 Å². The molecule has 3 nitrogen and oxygen atoms in total. The van der Waals surface area contributed by atoms with Crippen LogP contribution in [0.1, 0.15) is 20.8 Å². The molecule has 1 aliphatic heterocycles. The predicted octanol–water partition coefficient (Wildman–Crippen LogP) is 4.33. The van der Waals surface area contributed by atoms with Gasteiger partial charge < -0.3 is 9.84 Å². The molecule has 0 bridgehead atoms. The summed E-state index contributed by atoms with van der Waals surface area (Å²) in [5.41, 5.74) is 1.78. The van der Waals surface area contributed by atoms with Gasteiger partial charge in [-0.15, -0.1) is 11.8 Å². The molecular weight excluding hydrogens is 306 g/mol. The Morgan fingerprint density at radius 2 is 2.17 bits per heavy atom. The Morgan fingerprint density at radius 1 is 1.39 bits per heavy atom. The zero-order valence-corrected chi connectivity index (χ0v) is 13.8. The number of hydrogen-bond acceptors (Lipinski definition) is 4. The molecule has 0 amide bonds. The summed E-state index contributed by atoms with van der Waals surface area (Å²) in [6.07, 6.45) is 0. The quantitative estimate of drug-likeness (QED) is 0.846. The number of ether oxygens (including phenoxy) is 1. The summed E-state index contributed by atoms with van der Waals surface area (Å²) >= 11 is 1.59. The molecule has 0 saturated carbocycles. The third-order valence-electron chi connectivity index (χ3n) is 3.59. The Morgan fingerprint density at radius 3 is 2.87 bits per heavy atom. The summed E-state index contributed by atoms with van der Waals surface area (Å²) in [5, 5.41) is 9.45. The van der Waals surface area contributed by atoms with E-state index in [1.165, 1.54) is 0 Å². The largest absolute Gasteiger partial charge is 0.508 e. The second kappa shape index (κ2) is 7.11. The fraction of sp³-hybridized carbons (Fsp3) is 0.263. The van der Waals surface area contributed by atoms with Crippen LogP contribution >= 0.6 is 11.8 Å². The molecule has 3 rings (SSSR count). The van der Waals surface area contributed by atoms with Gasteiger partial charge in [-0.1, -0.05) is 30.8 Å². The zero-order valence-electron chi connectivity index (χ0n) is 16.0. The van der Waals surface area contributed by atoms with E-state index in [4.69, 9.17) is 8.85 Å². The number of aliphatic hydroxyl groups is 1. The standard InChI is InChI=1S/C19H21NO2S/c1-14(21)16-5-3-15(4-6-16)12-20-9-10-23-19-8-7-18(22-2)11-17(19)13-20/h3-8,11,21H,1,9-10,12-13H2,2H3/i12D,13D2. The van der Waals surface area contributed by atoms with Crippen LogP contribution in [0.25, 0.3) is 5.76 Å². The van der Waals surface area contributed by atoms with Crippen molar-refractivity contribution in [2.24, 2.45) is 0 Å². The van der Waals surface area contributed by atoms with Crippen molar-refractivity contribution in [3.63, 3.8) is 0 Å². The molecule has 1 N–H and O–H groups in total. The number of aliphatic hydroxyl groups excluding tert-OH is 1. The zero-order chi connectivity index (χ0) is 18.9. The minimum atomic E-state index is -1.81. The van der Waals surface area contributed by atoms with Crippen LogP contribution in [-0.4, -0.2) is 29.4 Å². The lowest BCUT2D eigenvalue weighted by molar-refractivity contribution is 0.274. The van der Waals surface area contributed by atoms with Gasteiger partial charge in [0.15, 0.2) is 0 Å². The first-order valence-electron chi connectivity index (χ1n) is 8.91. The average Bonchev–Trinajstić information content (AvgIpc) is 2.76. The van der Waals surface area contributed by atoms with Crippen LogP contribution < -0.4 is 4.74 Å².